The van der Waals surface area contributed by atoms with E-state index in [4.69, 9.17) is 5.73 Å². The Bertz CT molecular complexity index is 207. The van der Waals surface area contributed by atoms with Gasteiger partial charge in [0.05, 0.1) is 6.04 Å². The number of fused-ring (bicyclic) bond motifs is 1. The maximum Gasteiger partial charge on any atom is 0.320 e. The van der Waals surface area contributed by atoms with Crippen molar-refractivity contribution >= 4 is 6.03 Å². The van der Waals surface area contributed by atoms with Gasteiger partial charge in [0, 0.05) is 19.6 Å². The first-order valence-electron chi connectivity index (χ1n) is 5.08. The Balaban J connectivity index is 1.91. The van der Waals surface area contributed by atoms with Gasteiger partial charge in [-0.2, -0.15) is 0 Å². The van der Waals surface area contributed by atoms with E-state index in [0.29, 0.717) is 12.6 Å². The third-order valence-corrected chi connectivity index (χ3v) is 2.96. The average Bonchev–Trinajstić information content (AvgIpc) is 2.67. The predicted molar refractivity (Wildman–Crippen MR) is 50.4 cm³/mol. The van der Waals surface area contributed by atoms with Crippen LogP contribution in [0.4, 0.5) is 4.79 Å². The molecule has 2 heterocycles. The first-order valence-corrected chi connectivity index (χ1v) is 5.08. The quantitative estimate of drug-likeness (QED) is 0.681. The summed E-state index contributed by atoms with van der Waals surface area (Å²) in [6, 6.07) is 0.737. The summed E-state index contributed by atoms with van der Waals surface area (Å²) in [5, 5.41) is 0. The summed E-state index contributed by atoms with van der Waals surface area (Å²) in [5.41, 5.74) is 5.42. The van der Waals surface area contributed by atoms with Gasteiger partial charge in [-0.1, -0.05) is 0 Å². The number of hydrogen-bond donors (Lipinski definition) is 1. The molecule has 4 nitrogen and oxygen atoms in total. The Morgan fingerprint density at radius 3 is 3.08 bits per heavy atom. The van der Waals surface area contributed by atoms with E-state index in [-0.39, 0.29) is 6.03 Å². The molecule has 2 aliphatic rings. The molecular weight excluding hydrogens is 166 g/mol. The summed E-state index contributed by atoms with van der Waals surface area (Å²) < 4.78 is 0. The number of carbonyl (C=O) groups excluding carboxylic acids is 1. The molecule has 0 aromatic heterocycles. The first-order chi connectivity index (χ1) is 6.33. The van der Waals surface area contributed by atoms with Crippen LogP contribution in [0.1, 0.15) is 19.3 Å². The second-order valence-electron chi connectivity index (χ2n) is 3.86. The van der Waals surface area contributed by atoms with Gasteiger partial charge in [-0.05, 0) is 25.8 Å². The normalized spacial score (nSPS) is 27.2. The van der Waals surface area contributed by atoms with Crippen LogP contribution in [0.15, 0.2) is 0 Å². The van der Waals surface area contributed by atoms with E-state index in [2.05, 4.69) is 0 Å². The number of nitrogens with zero attached hydrogens (tertiary/aromatic N) is 2. The summed E-state index contributed by atoms with van der Waals surface area (Å²) >= 11 is 0. The molecule has 0 saturated carbocycles. The Labute approximate surface area is 78.7 Å². The van der Waals surface area contributed by atoms with E-state index in [1.165, 1.54) is 12.8 Å². The lowest BCUT2D eigenvalue weighted by molar-refractivity contribution is 0.193. The summed E-state index contributed by atoms with van der Waals surface area (Å²) in [4.78, 5) is 15.7. The van der Waals surface area contributed by atoms with Crippen molar-refractivity contribution in [3.05, 3.63) is 0 Å². The third-order valence-electron chi connectivity index (χ3n) is 2.96. The van der Waals surface area contributed by atoms with E-state index in [1.807, 2.05) is 9.80 Å². The number of hydrogen-bond acceptors (Lipinski definition) is 2. The lowest BCUT2D eigenvalue weighted by Gasteiger charge is -2.16. The van der Waals surface area contributed by atoms with Crippen molar-refractivity contribution in [2.75, 3.05) is 26.2 Å². The summed E-state index contributed by atoms with van der Waals surface area (Å²) in [7, 11) is 0. The van der Waals surface area contributed by atoms with Crippen LogP contribution in [-0.2, 0) is 0 Å². The van der Waals surface area contributed by atoms with Gasteiger partial charge in [0.25, 0.3) is 0 Å². The lowest BCUT2D eigenvalue weighted by atomic mass is 10.2. The molecule has 2 N–H and O–H groups in total. The molecule has 2 rings (SSSR count). The Morgan fingerprint density at radius 2 is 2.38 bits per heavy atom. The van der Waals surface area contributed by atoms with E-state index >= 15 is 0 Å². The van der Waals surface area contributed by atoms with Gasteiger partial charge in [0.2, 0.25) is 0 Å². The molecule has 74 valence electrons. The van der Waals surface area contributed by atoms with Gasteiger partial charge >= 0.3 is 6.03 Å². The second-order valence-corrected chi connectivity index (χ2v) is 3.86. The van der Waals surface area contributed by atoms with Crippen molar-refractivity contribution in [2.45, 2.75) is 25.3 Å². The molecule has 0 unspecified atom stereocenters. The maximum atomic E-state index is 11.7. The van der Waals surface area contributed by atoms with Gasteiger partial charge in [-0.25, -0.2) is 4.79 Å². The van der Waals surface area contributed by atoms with E-state index in [1.54, 1.807) is 0 Å². The van der Waals surface area contributed by atoms with Crippen LogP contribution in [0.2, 0.25) is 0 Å². The van der Waals surface area contributed by atoms with Gasteiger partial charge in [0.1, 0.15) is 0 Å². The van der Waals surface area contributed by atoms with Gasteiger partial charge in [0.15, 0.2) is 0 Å². The van der Waals surface area contributed by atoms with Crippen LogP contribution in [0, 0.1) is 0 Å². The van der Waals surface area contributed by atoms with Crippen LogP contribution >= 0.6 is 0 Å². The van der Waals surface area contributed by atoms with Gasteiger partial charge < -0.3 is 15.5 Å². The average molecular weight is 183 g/mol. The SMILES string of the molecule is NCCCN1C[C@H]2CCCN2C1=O. The topological polar surface area (TPSA) is 49.6 Å². The third kappa shape index (κ3) is 1.50. The predicted octanol–water partition coefficient (Wildman–Crippen LogP) is 0.235. The minimum Gasteiger partial charge on any atom is -0.330 e. The minimum atomic E-state index is 0.232. The van der Waals surface area contributed by atoms with Crippen LogP contribution in [0.25, 0.3) is 0 Å². The smallest absolute Gasteiger partial charge is 0.320 e. The van der Waals surface area contributed by atoms with Crippen molar-refractivity contribution < 1.29 is 4.79 Å². The fourth-order valence-corrected chi connectivity index (χ4v) is 2.26. The molecule has 0 aliphatic carbocycles. The summed E-state index contributed by atoms with van der Waals surface area (Å²) in [6.45, 7) is 3.40. The fourth-order valence-electron chi connectivity index (χ4n) is 2.26. The van der Waals surface area contributed by atoms with Crippen molar-refractivity contribution in [3.8, 4) is 0 Å². The Hall–Kier alpha value is -0.770. The molecule has 2 amide bonds. The van der Waals surface area contributed by atoms with E-state index < -0.39 is 0 Å². The van der Waals surface area contributed by atoms with Crippen LogP contribution in [-0.4, -0.2) is 48.1 Å². The minimum absolute atomic E-state index is 0.232. The van der Waals surface area contributed by atoms with Crippen LogP contribution in [0.5, 0.6) is 0 Å². The van der Waals surface area contributed by atoms with Gasteiger partial charge in [-0.15, -0.1) is 0 Å². The number of urea groups is 1. The van der Waals surface area contributed by atoms with Crippen molar-refractivity contribution in [3.63, 3.8) is 0 Å². The number of carbonyl (C=O) groups is 1. The van der Waals surface area contributed by atoms with Crippen LogP contribution in [0.3, 0.4) is 0 Å². The molecule has 0 aromatic carbocycles. The zero-order chi connectivity index (χ0) is 9.26. The highest BCUT2D eigenvalue weighted by Crippen LogP contribution is 2.25. The highest BCUT2D eigenvalue weighted by atomic mass is 16.2. The van der Waals surface area contributed by atoms with Crippen LogP contribution < -0.4 is 5.73 Å². The second kappa shape index (κ2) is 3.54. The fraction of sp³-hybridized carbons (Fsp3) is 0.889. The number of nitrogens with two attached hydrogens (primary N) is 1. The molecular formula is C9H17N3O. The zero-order valence-electron chi connectivity index (χ0n) is 7.91. The van der Waals surface area contributed by atoms with E-state index in [0.717, 1.165) is 26.1 Å². The van der Waals surface area contributed by atoms with E-state index in [9.17, 15) is 4.79 Å². The highest BCUT2D eigenvalue weighted by molar-refractivity contribution is 5.77. The molecule has 1 atom stereocenters. The Morgan fingerprint density at radius 1 is 1.54 bits per heavy atom. The molecule has 2 fully saturated rings. The number of amides is 2. The molecule has 13 heavy (non-hydrogen) atoms. The highest BCUT2D eigenvalue weighted by Gasteiger charge is 2.39. The molecule has 0 bridgehead atoms. The lowest BCUT2D eigenvalue weighted by Crippen LogP contribution is -2.33. The molecule has 4 heteroatoms. The monoisotopic (exact) mass is 183 g/mol. The molecule has 2 saturated heterocycles. The standard InChI is InChI=1S/C9H17N3O/c10-4-2-5-11-7-8-3-1-6-12(8)9(11)13/h8H,1-7,10H2/t8-/m1/s1. The van der Waals surface area contributed by atoms with Crippen molar-refractivity contribution in [2.24, 2.45) is 5.73 Å². The zero-order valence-corrected chi connectivity index (χ0v) is 7.91. The largest absolute Gasteiger partial charge is 0.330 e. The molecule has 0 spiro atoms. The first kappa shape index (κ1) is 8.81. The van der Waals surface area contributed by atoms with Gasteiger partial charge in [-0.3, -0.25) is 0 Å². The molecule has 0 radical (unpaired) electrons. The Kier molecular flexibility index (Phi) is 2.40. The maximum absolute atomic E-state index is 11.7. The van der Waals surface area contributed by atoms with Crippen molar-refractivity contribution in [1.82, 2.24) is 9.80 Å². The molecule has 2 aliphatic heterocycles. The van der Waals surface area contributed by atoms with Crippen molar-refractivity contribution in [1.29, 1.82) is 0 Å². The number of rotatable bonds is 3. The summed E-state index contributed by atoms with van der Waals surface area (Å²) in [5.74, 6) is 0. The summed E-state index contributed by atoms with van der Waals surface area (Å²) in [6.07, 6.45) is 3.29. The molecule has 0 aromatic rings.